The predicted octanol–water partition coefficient (Wildman–Crippen LogP) is 4.26. The number of rotatable bonds is 5. The molecule has 0 aliphatic carbocycles. The Hall–Kier alpha value is -2.89. The first kappa shape index (κ1) is 19.4. The van der Waals surface area contributed by atoms with Crippen LogP contribution in [-0.4, -0.2) is 29.1 Å². The van der Waals surface area contributed by atoms with Crippen LogP contribution in [0.5, 0.6) is 0 Å². The first-order chi connectivity index (χ1) is 14.0. The summed E-state index contributed by atoms with van der Waals surface area (Å²) in [5.41, 5.74) is 2.18. The first-order valence-electron chi connectivity index (χ1n) is 9.53. The number of aliphatic hydroxyl groups is 1. The van der Waals surface area contributed by atoms with Crippen LogP contribution in [0.1, 0.15) is 28.4 Å². The lowest BCUT2D eigenvalue weighted by Gasteiger charge is -2.25. The van der Waals surface area contributed by atoms with Gasteiger partial charge in [0.25, 0.3) is 5.91 Å². The highest BCUT2D eigenvalue weighted by molar-refractivity contribution is 6.31. The number of nitrogens with one attached hydrogen (secondary N) is 1. The third-order valence-corrected chi connectivity index (χ3v) is 5.54. The standard InChI is InChI=1S/C23H22ClN3O2/c1-23(29,18-7-3-4-8-19(18)24)15-26-21-11-10-17(14-25-21)22(28)27-13-12-16-6-2-5-9-20(16)27/h2-11,14,29H,12-13,15H2,1H3,(H,25,26). The molecule has 6 heteroatoms. The fraction of sp³-hybridized carbons (Fsp3) is 0.217. The maximum Gasteiger partial charge on any atom is 0.259 e. The number of para-hydroxylation sites is 1. The zero-order valence-electron chi connectivity index (χ0n) is 16.1. The molecule has 148 valence electrons. The molecule has 29 heavy (non-hydrogen) atoms. The van der Waals surface area contributed by atoms with Gasteiger partial charge in [-0.15, -0.1) is 0 Å². The number of carbonyl (C=O) groups is 1. The highest BCUT2D eigenvalue weighted by atomic mass is 35.5. The summed E-state index contributed by atoms with van der Waals surface area (Å²) in [6.07, 6.45) is 2.43. The lowest BCUT2D eigenvalue weighted by atomic mass is 9.96. The number of anilines is 2. The summed E-state index contributed by atoms with van der Waals surface area (Å²) in [6, 6.07) is 18.7. The quantitative estimate of drug-likeness (QED) is 0.663. The van der Waals surface area contributed by atoms with E-state index >= 15 is 0 Å². The van der Waals surface area contributed by atoms with Crippen molar-refractivity contribution in [3.63, 3.8) is 0 Å². The van der Waals surface area contributed by atoms with Crippen molar-refractivity contribution in [2.24, 2.45) is 0 Å². The van der Waals surface area contributed by atoms with Gasteiger partial charge in [-0.2, -0.15) is 0 Å². The second-order valence-corrected chi connectivity index (χ2v) is 7.78. The van der Waals surface area contributed by atoms with Crippen LogP contribution in [-0.2, 0) is 12.0 Å². The Morgan fingerprint density at radius 1 is 1.17 bits per heavy atom. The molecule has 1 atom stereocenters. The van der Waals surface area contributed by atoms with Gasteiger partial charge < -0.3 is 15.3 Å². The summed E-state index contributed by atoms with van der Waals surface area (Å²) in [7, 11) is 0. The average molecular weight is 408 g/mol. The van der Waals surface area contributed by atoms with E-state index in [1.54, 1.807) is 42.3 Å². The summed E-state index contributed by atoms with van der Waals surface area (Å²) in [5.74, 6) is 0.521. The lowest BCUT2D eigenvalue weighted by molar-refractivity contribution is 0.0715. The molecule has 4 rings (SSSR count). The van der Waals surface area contributed by atoms with Gasteiger partial charge in [-0.05, 0) is 43.2 Å². The number of pyridine rings is 1. The van der Waals surface area contributed by atoms with E-state index in [4.69, 9.17) is 11.6 Å². The molecule has 1 unspecified atom stereocenters. The molecule has 1 aromatic heterocycles. The molecule has 0 radical (unpaired) electrons. The number of nitrogens with zero attached hydrogens (tertiary/aromatic N) is 2. The summed E-state index contributed by atoms with van der Waals surface area (Å²) < 4.78 is 0. The van der Waals surface area contributed by atoms with Crippen molar-refractivity contribution >= 4 is 29.0 Å². The number of hydrogen-bond acceptors (Lipinski definition) is 4. The highest BCUT2D eigenvalue weighted by Gasteiger charge is 2.27. The highest BCUT2D eigenvalue weighted by Crippen LogP contribution is 2.30. The molecule has 0 saturated heterocycles. The van der Waals surface area contributed by atoms with Crippen molar-refractivity contribution in [1.82, 2.24) is 4.98 Å². The van der Waals surface area contributed by atoms with Gasteiger partial charge in [-0.1, -0.05) is 48.0 Å². The van der Waals surface area contributed by atoms with Gasteiger partial charge in [0.05, 0.1) is 5.56 Å². The maximum absolute atomic E-state index is 12.9. The van der Waals surface area contributed by atoms with E-state index in [2.05, 4.69) is 16.4 Å². The average Bonchev–Trinajstić information content (AvgIpc) is 3.16. The minimum Gasteiger partial charge on any atom is -0.384 e. The molecule has 2 heterocycles. The van der Waals surface area contributed by atoms with Gasteiger partial charge in [-0.3, -0.25) is 4.79 Å². The molecule has 1 amide bonds. The van der Waals surface area contributed by atoms with Gasteiger partial charge in [0.2, 0.25) is 0 Å². The molecule has 5 nitrogen and oxygen atoms in total. The molecule has 0 saturated carbocycles. The largest absolute Gasteiger partial charge is 0.384 e. The molecule has 0 fully saturated rings. The van der Waals surface area contributed by atoms with Crippen molar-refractivity contribution < 1.29 is 9.90 Å². The Bertz CT molecular complexity index is 1030. The second kappa shape index (κ2) is 7.85. The Kier molecular flexibility index (Phi) is 5.26. The van der Waals surface area contributed by atoms with Gasteiger partial charge in [0.1, 0.15) is 11.4 Å². The Morgan fingerprint density at radius 3 is 2.69 bits per heavy atom. The van der Waals surface area contributed by atoms with Crippen LogP contribution in [0.3, 0.4) is 0 Å². The Morgan fingerprint density at radius 2 is 1.93 bits per heavy atom. The van der Waals surface area contributed by atoms with Crippen molar-refractivity contribution in [1.29, 1.82) is 0 Å². The predicted molar refractivity (Wildman–Crippen MR) is 116 cm³/mol. The molecule has 0 spiro atoms. The maximum atomic E-state index is 12.9. The van der Waals surface area contributed by atoms with E-state index in [0.717, 1.165) is 12.1 Å². The smallest absolute Gasteiger partial charge is 0.259 e. The third-order valence-electron chi connectivity index (χ3n) is 5.21. The van der Waals surface area contributed by atoms with Crippen LogP contribution in [0.15, 0.2) is 66.9 Å². The van der Waals surface area contributed by atoms with Gasteiger partial charge in [0.15, 0.2) is 0 Å². The van der Waals surface area contributed by atoms with Crippen molar-refractivity contribution in [2.75, 3.05) is 23.3 Å². The number of aromatic nitrogens is 1. The normalized spacial score (nSPS) is 14.9. The third kappa shape index (κ3) is 3.97. The van der Waals surface area contributed by atoms with E-state index in [1.807, 2.05) is 30.3 Å². The molecular weight excluding hydrogens is 386 g/mol. The van der Waals surface area contributed by atoms with Crippen LogP contribution >= 0.6 is 11.6 Å². The first-order valence-corrected chi connectivity index (χ1v) is 9.90. The molecule has 2 N–H and O–H groups in total. The van der Waals surface area contributed by atoms with Crippen LogP contribution in [0.4, 0.5) is 11.5 Å². The molecule has 2 aromatic carbocycles. The summed E-state index contributed by atoms with van der Waals surface area (Å²) >= 11 is 6.20. The number of amides is 1. The fourth-order valence-electron chi connectivity index (χ4n) is 3.59. The van der Waals surface area contributed by atoms with Crippen LogP contribution in [0, 0.1) is 0 Å². The molecular formula is C23H22ClN3O2. The van der Waals surface area contributed by atoms with Crippen LogP contribution < -0.4 is 10.2 Å². The van der Waals surface area contributed by atoms with E-state index in [1.165, 1.54) is 5.56 Å². The Balaban J connectivity index is 1.43. The van der Waals surface area contributed by atoms with Crippen molar-refractivity contribution in [2.45, 2.75) is 18.9 Å². The van der Waals surface area contributed by atoms with E-state index in [0.29, 0.717) is 28.5 Å². The van der Waals surface area contributed by atoms with E-state index in [9.17, 15) is 9.90 Å². The minimum atomic E-state index is -1.16. The number of halogens is 1. The van der Waals surface area contributed by atoms with Crippen LogP contribution in [0.2, 0.25) is 5.02 Å². The van der Waals surface area contributed by atoms with Gasteiger partial charge >= 0.3 is 0 Å². The van der Waals surface area contributed by atoms with Crippen molar-refractivity contribution in [3.05, 3.63) is 88.6 Å². The fourth-order valence-corrected chi connectivity index (χ4v) is 3.93. The Labute approximate surface area is 175 Å². The monoisotopic (exact) mass is 407 g/mol. The van der Waals surface area contributed by atoms with E-state index < -0.39 is 5.60 Å². The number of benzene rings is 2. The number of hydrogen-bond donors (Lipinski definition) is 2. The zero-order chi connectivity index (χ0) is 20.4. The molecule has 3 aromatic rings. The van der Waals surface area contributed by atoms with E-state index in [-0.39, 0.29) is 12.5 Å². The molecule has 0 bridgehead atoms. The van der Waals surface area contributed by atoms with Crippen LogP contribution in [0.25, 0.3) is 0 Å². The van der Waals surface area contributed by atoms with Gasteiger partial charge in [-0.25, -0.2) is 4.98 Å². The second-order valence-electron chi connectivity index (χ2n) is 7.37. The molecule has 1 aliphatic rings. The zero-order valence-corrected chi connectivity index (χ0v) is 16.9. The lowest BCUT2D eigenvalue weighted by Crippen LogP contribution is -2.31. The minimum absolute atomic E-state index is 0.0583. The summed E-state index contributed by atoms with van der Waals surface area (Å²) in [6.45, 7) is 2.61. The topological polar surface area (TPSA) is 65.5 Å². The van der Waals surface area contributed by atoms with Crippen molar-refractivity contribution in [3.8, 4) is 0 Å². The number of fused-ring (bicyclic) bond motifs is 1. The summed E-state index contributed by atoms with van der Waals surface area (Å²) in [5, 5.41) is 14.4. The SMILES string of the molecule is CC(O)(CNc1ccc(C(=O)N2CCc3ccccc32)cn1)c1ccccc1Cl. The molecule has 1 aliphatic heterocycles. The van der Waals surface area contributed by atoms with Gasteiger partial charge in [0, 0.05) is 35.6 Å². The summed E-state index contributed by atoms with van der Waals surface area (Å²) in [4.78, 5) is 19.0. The number of carbonyl (C=O) groups excluding carboxylic acids is 1.